The van der Waals surface area contributed by atoms with Crippen molar-refractivity contribution in [2.24, 2.45) is 0 Å². The van der Waals surface area contributed by atoms with E-state index in [1.807, 2.05) is 4.90 Å². The highest BCUT2D eigenvalue weighted by atomic mass is 16.5. The van der Waals surface area contributed by atoms with Crippen LogP contribution in [-0.2, 0) is 4.74 Å². The van der Waals surface area contributed by atoms with E-state index >= 15 is 0 Å². The SMILES string of the molecule is COCCN(CCO)CC(=O)c1cccc(OC)c1. The van der Waals surface area contributed by atoms with Crippen molar-refractivity contribution in [1.29, 1.82) is 0 Å². The van der Waals surface area contributed by atoms with E-state index < -0.39 is 0 Å². The molecule has 0 aliphatic carbocycles. The third-order valence-corrected chi connectivity index (χ3v) is 2.79. The number of nitrogens with zero attached hydrogens (tertiary/aromatic N) is 1. The van der Waals surface area contributed by atoms with Gasteiger partial charge in [-0.2, -0.15) is 0 Å². The molecule has 0 fully saturated rings. The summed E-state index contributed by atoms with van der Waals surface area (Å²) in [5, 5.41) is 8.99. The van der Waals surface area contributed by atoms with Crippen molar-refractivity contribution in [3.63, 3.8) is 0 Å². The van der Waals surface area contributed by atoms with Gasteiger partial charge in [0.2, 0.25) is 0 Å². The van der Waals surface area contributed by atoms with Crippen LogP contribution >= 0.6 is 0 Å². The van der Waals surface area contributed by atoms with E-state index in [1.165, 1.54) is 0 Å². The molecule has 1 rings (SSSR count). The number of benzene rings is 1. The number of aliphatic hydroxyl groups excluding tert-OH is 1. The van der Waals surface area contributed by atoms with Crippen LogP contribution in [0.15, 0.2) is 24.3 Å². The van der Waals surface area contributed by atoms with Crippen LogP contribution in [0, 0.1) is 0 Å². The minimum absolute atomic E-state index is 0.00320. The fourth-order valence-electron chi connectivity index (χ4n) is 1.72. The summed E-state index contributed by atoms with van der Waals surface area (Å²) >= 11 is 0. The van der Waals surface area contributed by atoms with Gasteiger partial charge in [-0.15, -0.1) is 0 Å². The Kier molecular flexibility index (Phi) is 7.10. The number of hydrogen-bond acceptors (Lipinski definition) is 5. The average Bonchev–Trinajstić information content (AvgIpc) is 2.45. The van der Waals surface area contributed by atoms with Crippen LogP contribution < -0.4 is 4.74 Å². The summed E-state index contributed by atoms with van der Waals surface area (Å²) < 4.78 is 10.1. The van der Waals surface area contributed by atoms with Crippen molar-refractivity contribution in [2.45, 2.75) is 0 Å². The molecule has 0 saturated heterocycles. The molecular weight excluding hydrogens is 246 g/mol. The first-order valence-corrected chi connectivity index (χ1v) is 6.20. The molecule has 0 radical (unpaired) electrons. The summed E-state index contributed by atoms with van der Waals surface area (Å²) in [5.74, 6) is 0.667. The van der Waals surface area contributed by atoms with Crippen LogP contribution in [0.2, 0.25) is 0 Å². The number of rotatable bonds is 9. The Labute approximate surface area is 113 Å². The van der Waals surface area contributed by atoms with E-state index in [2.05, 4.69) is 0 Å². The maximum absolute atomic E-state index is 12.1. The first-order valence-electron chi connectivity index (χ1n) is 6.20. The van der Waals surface area contributed by atoms with Crippen LogP contribution in [0.4, 0.5) is 0 Å². The van der Waals surface area contributed by atoms with Crippen LogP contribution in [0.25, 0.3) is 0 Å². The van der Waals surface area contributed by atoms with E-state index in [4.69, 9.17) is 14.6 Å². The second kappa shape index (κ2) is 8.63. The number of methoxy groups -OCH3 is 2. The monoisotopic (exact) mass is 267 g/mol. The van der Waals surface area contributed by atoms with Crippen LogP contribution in [0.5, 0.6) is 5.75 Å². The van der Waals surface area contributed by atoms with Crippen molar-refractivity contribution >= 4 is 5.78 Å². The molecule has 5 heteroatoms. The highest BCUT2D eigenvalue weighted by Gasteiger charge is 2.12. The molecule has 0 unspecified atom stereocenters. The van der Waals surface area contributed by atoms with Gasteiger partial charge in [-0.3, -0.25) is 9.69 Å². The third kappa shape index (κ3) is 5.38. The molecule has 0 atom stereocenters. The zero-order valence-corrected chi connectivity index (χ0v) is 11.5. The van der Waals surface area contributed by atoms with Crippen molar-refractivity contribution in [3.05, 3.63) is 29.8 Å². The molecular formula is C14H21NO4. The van der Waals surface area contributed by atoms with Crippen LogP contribution in [0.1, 0.15) is 10.4 Å². The standard InChI is InChI=1S/C14H21NO4/c1-18-9-7-15(6-8-16)11-14(17)12-4-3-5-13(10-12)19-2/h3-5,10,16H,6-9,11H2,1-2H3. The van der Waals surface area contributed by atoms with Gasteiger partial charge >= 0.3 is 0 Å². The van der Waals surface area contributed by atoms with Crippen molar-refractivity contribution in [2.75, 3.05) is 47.1 Å². The Bertz CT molecular complexity index is 395. The van der Waals surface area contributed by atoms with Gasteiger partial charge in [-0.05, 0) is 12.1 Å². The number of hydrogen-bond donors (Lipinski definition) is 1. The fraction of sp³-hybridized carbons (Fsp3) is 0.500. The molecule has 1 aromatic carbocycles. The lowest BCUT2D eigenvalue weighted by molar-refractivity contribution is 0.0868. The highest BCUT2D eigenvalue weighted by Crippen LogP contribution is 2.13. The van der Waals surface area contributed by atoms with Crippen LogP contribution in [-0.4, -0.2) is 62.9 Å². The Morgan fingerprint density at radius 3 is 2.74 bits per heavy atom. The molecule has 0 saturated carbocycles. The lowest BCUT2D eigenvalue weighted by atomic mass is 10.1. The van der Waals surface area contributed by atoms with Gasteiger partial charge in [0.25, 0.3) is 0 Å². The number of Topliss-reactive ketones (excluding diaryl/α,β-unsaturated/α-hetero) is 1. The Hall–Kier alpha value is -1.43. The summed E-state index contributed by atoms with van der Waals surface area (Å²) in [4.78, 5) is 14.0. The molecule has 106 valence electrons. The minimum Gasteiger partial charge on any atom is -0.497 e. The van der Waals surface area contributed by atoms with Gasteiger partial charge in [-0.1, -0.05) is 12.1 Å². The smallest absolute Gasteiger partial charge is 0.176 e. The van der Waals surface area contributed by atoms with Gasteiger partial charge in [0, 0.05) is 25.8 Å². The second-order valence-electron chi connectivity index (χ2n) is 4.15. The van der Waals surface area contributed by atoms with Gasteiger partial charge in [-0.25, -0.2) is 0 Å². The van der Waals surface area contributed by atoms with Gasteiger partial charge < -0.3 is 14.6 Å². The second-order valence-corrected chi connectivity index (χ2v) is 4.15. The lowest BCUT2D eigenvalue weighted by Crippen LogP contribution is -2.35. The molecule has 0 amide bonds. The van der Waals surface area contributed by atoms with Gasteiger partial charge in [0.15, 0.2) is 5.78 Å². The molecule has 0 bridgehead atoms. The molecule has 0 aliphatic heterocycles. The molecule has 0 aliphatic rings. The molecule has 19 heavy (non-hydrogen) atoms. The Morgan fingerprint density at radius 1 is 1.32 bits per heavy atom. The van der Waals surface area contributed by atoms with E-state index in [0.717, 1.165) is 0 Å². The van der Waals surface area contributed by atoms with Crippen molar-refractivity contribution in [3.8, 4) is 5.75 Å². The molecule has 5 nitrogen and oxygen atoms in total. The lowest BCUT2D eigenvalue weighted by Gasteiger charge is -2.20. The molecule has 1 aromatic rings. The largest absolute Gasteiger partial charge is 0.497 e. The topological polar surface area (TPSA) is 59.0 Å². The average molecular weight is 267 g/mol. The summed E-state index contributed by atoms with van der Waals surface area (Å²) in [6.07, 6.45) is 0. The predicted molar refractivity (Wildman–Crippen MR) is 72.7 cm³/mol. The summed E-state index contributed by atoms with van der Waals surface area (Å²) in [7, 11) is 3.18. The fourth-order valence-corrected chi connectivity index (χ4v) is 1.72. The first kappa shape index (κ1) is 15.6. The number of ketones is 1. The Balaban J connectivity index is 2.64. The van der Waals surface area contributed by atoms with E-state index in [9.17, 15) is 4.79 Å². The molecule has 0 heterocycles. The van der Waals surface area contributed by atoms with Gasteiger partial charge in [0.05, 0.1) is 26.9 Å². The molecule has 1 N–H and O–H groups in total. The molecule has 0 aromatic heterocycles. The van der Waals surface area contributed by atoms with Crippen LogP contribution in [0.3, 0.4) is 0 Å². The van der Waals surface area contributed by atoms with Gasteiger partial charge in [0.1, 0.15) is 5.75 Å². The number of carbonyl (C=O) groups excluding carboxylic acids is 1. The maximum Gasteiger partial charge on any atom is 0.176 e. The van der Waals surface area contributed by atoms with Crippen molar-refractivity contribution < 1.29 is 19.4 Å². The quantitative estimate of drug-likeness (QED) is 0.671. The van der Waals surface area contributed by atoms with Crippen molar-refractivity contribution in [1.82, 2.24) is 4.90 Å². The van der Waals surface area contributed by atoms with E-state index in [1.54, 1.807) is 38.5 Å². The summed E-state index contributed by atoms with van der Waals surface area (Å²) in [6.45, 7) is 1.89. The Morgan fingerprint density at radius 2 is 2.11 bits per heavy atom. The minimum atomic E-state index is 0.00320. The zero-order valence-electron chi connectivity index (χ0n) is 11.5. The first-order chi connectivity index (χ1) is 9.21. The number of aliphatic hydroxyl groups is 1. The number of carbonyl (C=O) groups is 1. The van der Waals surface area contributed by atoms with E-state index in [0.29, 0.717) is 31.0 Å². The molecule has 0 spiro atoms. The zero-order chi connectivity index (χ0) is 14.1. The normalized spacial score (nSPS) is 10.7. The summed E-state index contributed by atoms with van der Waals surface area (Å²) in [5.41, 5.74) is 0.611. The third-order valence-electron chi connectivity index (χ3n) is 2.79. The highest BCUT2D eigenvalue weighted by molar-refractivity contribution is 5.97. The summed E-state index contributed by atoms with van der Waals surface area (Å²) in [6, 6.07) is 7.07. The predicted octanol–water partition coefficient (Wildman–Crippen LogP) is 0.819. The maximum atomic E-state index is 12.1. The number of ether oxygens (including phenoxy) is 2. The van der Waals surface area contributed by atoms with E-state index in [-0.39, 0.29) is 18.9 Å².